The highest BCUT2D eigenvalue weighted by molar-refractivity contribution is 9.10. The van der Waals surface area contributed by atoms with Crippen LogP contribution < -0.4 is 4.74 Å². The first-order valence-corrected chi connectivity index (χ1v) is 6.26. The SMILES string of the molecule is Fc1ccc(Br)c(F)c1COc1cccc(Cl)c1. The van der Waals surface area contributed by atoms with E-state index in [1.165, 1.54) is 12.1 Å². The van der Waals surface area contributed by atoms with Crippen molar-refractivity contribution in [3.05, 3.63) is 63.1 Å². The molecule has 0 N–H and O–H groups in total. The van der Waals surface area contributed by atoms with Gasteiger partial charge in [-0.15, -0.1) is 0 Å². The van der Waals surface area contributed by atoms with Crippen LogP contribution in [0.4, 0.5) is 8.78 Å². The Hall–Kier alpha value is -1.13. The van der Waals surface area contributed by atoms with Crippen molar-refractivity contribution >= 4 is 27.5 Å². The predicted molar refractivity (Wildman–Crippen MR) is 69.8 cm³/mol. The van der Waals surface area contributed by atoms with Gasteiger partial charge in [0.25, 0.3) is 0 Å². The molecule has 0 saturated heterocycles. The van der Waals surface area contributed by atoms with Crippen molar-refractivity contribution in [2.45, 2.75) is 6.61 Å². The van der Waals surface area contributed by atoms with E-state index in [4.69, 9.17) is 16.3 Å². The molecule has 0 unspecified atom stereocenters. The second-order valence-electron chi connectivity index (χ2n) is 3.57. The topological polar surface area (TPSA) is 9.23 Å². The summed E-state index contributed by atoms with van der Waals surface area (Å²) in [6.45, 7) is -0.197. The fourth-order valence-electron chi connectivity index (χ4n) is 1.41. The van der Waals surface area contributed by atoms with E-state index in [9.17, 15) is 8.78 Å². The van der Waals surface area contributed by atoms with Gasteiger partial charge < -0.3 is 4.74 Å². The molecule has 0 fully saturated rings. The fourth-order valence-corrected chi connectivity index (χ4v) is 1.97. The van der Waals surface area contributed by atoms with Gasteiger partial charge in [-0.2, -0.15) is 0 Å². The van der Waals surface area contributed by atoms with E-state index in [0.717, 1.165) is 0 Å². The summed E-state index contributed by atoms with van der Waals surface area (Å²) in [5.74, 6) is -0.837. The van der Waals surface area contributed by atoms with E-state index < -0.39 is 11.6 Å². The van der Waals surface area contributed by atoms with Gasteiger partial charge in [-0.05, 0) is 46.3 Å². The Balaban J connectivity index is 2.18. The zero-order valence-electron chi connectivity index (χ0n) is 9.09. The van der Waals surface area contributed by atoms with Crippen molar-refractivity contribution in [1.82, 2.24) is 0 Å². The normalized spacial score (nSPS) is 10.4. The molecule has 2 aromatic carbocycles. The Morgan fingerprint density at radius 3 is 2.67 bits per heavy atom. The lowest BCUT2D eigenvalue weighted by atomic mass is 10.2. The van der Waals surface area contributed by atoms with Crippen molar-refractivity contribution in [3.63, 3.8) is 0 Å². The minimum absolute atomic E-state index is 0.121. The van der Waals surface area contributed by atoms with E-state index in [1.54, 1.807) is 24.3 Å². The molecule has 0 aliphatic heterocycles. The molecule has 0 heterocycles. The van der Waals surface area contributed by atoms with Crippen molar-refractivity contribution in [3.8, 4) is 5.75 Å². The molecule has 0 amide bonds. The summed E-state index contributed by atoms with van der Waals surface area (Å²) in [6, 6.07) is 9.13. The fraction of sp³-hybridized carbons (Fsp3) is 0.0769. The Labute approximate surface area is 116 Å². The molecule has 0 aliphatic carbocycles. The van der Waals surface area contributed by atoms with Gasteiger partial charge in [0.1, 0.15) is 24.0 Å². The summed E-state index contributed by atoms with van der Waals surface area (Å²) in [5, 5.41) is 0.502. The summed E-state index contributed by atoms with van der Waals surface area (Å²) in [6.07, 6.45) is 0. The number of hydrogen-bond acceptors (Lipinski definition) is 1. The Bertz CT molecular complexity index is 575. The first-order valence-electron chi connectivity index (χ1n) is 5.08. The van der Waals surface area contributed by atoms with Crippen LogP contribution in [0.2, 0.25) is 5.02 Å². The summed E-state index contributed by atoms with van der Waals surface area (Å²) >= 11 is 8.78. The van der Waals surface area contributed by atoms with Crippen molar-refractivity contribution < 1.29 is 13.5 Å². The van der Waals surface area contributed by atoms with E-state index in [2.05, 4.69) is 15.9 Å². The molecule has 0 saturated carbocycles. The molecule has 18 heavy (non-hydrogen) atoms. The Morgan fingerprint density at radius 2 is 1.94 bits per heavy atom. The summed E-state index contributed by atoms with van der Waals surface area (Å²) < 4.78 is 32.6. The van der Waals surface area contributed by atoms with Gasteiger partial charge in [0.15, 0.2) is 0 Å². The quantitative estimate of drug-likeness (QED) is 0.721. The van der Waals surface area contributed by atoms with Crippen LogP contribution in [0.25, 0.3) is 0 Å². The zero-order valence-corrected chi connectivity index (χ0v) is 11.4. The minimum Gasteiger partial charge on any atom is -0.489 e. The highest BCUT2D eigenvalue weighted by Gasteiger charge is 2.12. The van der Waals surface area contributed by atoms with Gasteiger partial charge >= 0.3 is 0 Å². The van der Waals surface area contributed by atoms with Crippen LogP contribution in [0.3, 0.4) is 0 Å². The molecule has 0 spiro atoms. The Morgan fingerprint density at radius 1 is 1.17 bits per heavy atom. The van der Waals surface area contributed by atoms with Gasteiger partial charge in [0.2, 0.25) is 0 Å². The van der Waals surface area contributed by atoms with Crippen LogP contribution in [-0.2, 0) is 6.61 Å². The smallest absolute Gasteiger partial charge is 0.146 e. The minimum atomic E-state index is -0.656. The van der Waals surface area contributed by atoms with Gasteiger partial charge in [0, 0.05) is 5.02 Å². The van der Waals surface area contributed by atoms with E-state index in [0.29, 0.717) is 10.8 Å². The number of rotatable bonds is 3. The lowest BCUT2D eigenvalue weighted by molar-refractivity contribution is 0.292. The average molecular weight is 334 g/mol. The maximum absolute atomic E-state index is 13.7. The molecule has 0 atom stereocenters. The van der Waals surface area contributed by atoms with Crippen LogP contribution in [0.1, 0.15) is 5.56 Å². The lowest BCUT2D eigenvalue weighted by Crippen LogP contribution is -2.02. The maximum Gasteiger partial charge on any atom is 0.146 e. The monoisotopic (exact) mass is 332 g/mol. The van der Waals surface area contributed by atoms with Crippen LogP contribution >= 0.6 is 27.5 Å². The zero-order chi connectivity index (χ0) is 13.1. The van der Waals surface area contributed by atoms with E-state index >= 15 is 0 Å². The number of hydrogen-bond donors (Lipinski definition) is 0. The molecule has 5 heteroatoms. The highest BCUT2D eigenvalue weighted by atomic mass is 79.9. The van der Waals surface area contributed by atoms with Gasteiger partial charge in [-0.25, -0.2) is 8.78 Å². The summed E-state index contributed by atoms with van der Waals surface area (Å²) in [5.41, 5.74) is -0.121. The van der Waals surface area contributed by atoms with Crippen molar-refractivity contribution in [2.75, 3.05) is 0 Å². The maximum atomic E-state index is 13.7. The highest BCUT2D eigenvalue weighted by Crippen LogP contribution is 2.24. The molecule has 0 aliphatic rings. The largest absolute Gasteiger partial charge is 0.489 e. The number of halogens is 4. The molecule has 1 nitrogen and oxygen atoms in total. The molecular weight excluding hydrogens is 325 g/mol. The van der Waals surface area contributed by atoms with Gasteiger partial charge in [-0.1, -0.05) is 17.7 Å². The van der Waals surface area contributed by atoms with Crippen LogP contribution in [0.5, 0.6) is 5.75 Å². The second kappa shape index (κ2) is 5.67. The molecule has 0 aromatic heterocycles. The van der Waals surface area contributed by atoms with Crippen molar-refractivity contribution in [2.24, 2.45) is 0 Å². The first-order chi connectivity index (χ1) is 8.58. The predicted octanol–water partition coefficient (Wildman–Crippen LogP) is 4.96. The van der Waals surface area contributed by atoms with E-state index in [1.807, 2.05) is 0 Å². The first kappa shape index (κ1) is 13.3. The van der Waals surface area contributed by atoms with Crippen LogP contribution in [-0.4, -0.2) is 0 Å². The molecule has 0 radical (unpaired) electrons. The molecule has 94 valence electrons. The van der Waals surface area contributed by atoms with Gasteiger partial charge in [-0.3, -0.25) is 0 Å². The third kappa shape index (κ3) is 3.00. The Kier molecular flexibility index (Phi) is 4.19. The summed E-state index contributed by atoms with van der Waals surface area (Å²) in [7, 11) is 0. The molecule has 2 aromatic rings. The molecule has 2 rings (SSSR count). The third-order valence-corrected chi connectivity index (χ3v) is 3.17. The van der Waals surface area contributed by atoms with Crippen LogP contribution in [0, 0.1) is 11.6 Å². The van der Waals surface area contributed by atoms with Crippen molar-refractivity contribution in [1.29, 1.82) is 0 Å². The average Bonchev–Trinajstić information content (AvgIpc) is 2.34. The van der Waals surface area contributed by atoms with Crippen LogP contribution in [0.15, 0.2) is 40.9 Å². The van der Waals surface area contributed by atoms with E-state index in [-0.39, 0.29) is 16.6 Å². The molecular formula is C13H8BrClF2O. The third-order valence-electron chi connectivity index (χ3n) is 2.32. The van der Waals surface area contributed by atoms with Gasteiger partial charge in [0.05, 0.1) is 10.0 Å². The lowest BCUT2D eigenvalue weighted by Gasteiger charge is -2.09. The molecule has 0 bridgehead atoms. The second-order valence-corrected chi connectivity index (χ2v) is 4.86. The summed E-state index contributed by atoms with van der Waals surface area (Å²) in [4.78, 5) is 0. The number of ether oxygens (including phenoxy) is 1. The standard InChI is InChI=1S/C13H8BrClF2O/c14-11-4-5-12(16)10(13(11)17)7-18-9-3-1-2-8(15)6-9/h1-6H,7H2. The number of benzene rings is 2.